The van der Waals surface area contributed by atoms with Gasteiger partial charge >= 0.3 is 0 Å². The van der Waals surface area contributed by atoms with E-state index in [1.807, 2.05) is 26.0 Å². The van der Waals surface area contributed by atoms with Gasteiger partial charge in [-0.1, -0.05) is 18.9 Å². The molecule has 2 rings (SSSR count). The quantitative estimate of drug-likeness (QED) is 0.903. The second-order valence-electron chi connectivity index (χ2n) is 5.48. The van der Waals surface area contributed by atoms with Gasteiger partial charge in [0, 0.05) is 6.20 Å². The lowest BCUT2D eigenvalue weighted by Gasteiger charge is -2.17. The van der Waals surface area contributed by atoms with Crippen molar-refractivity contribution < 1.29 is 8.42 Å². The van der Waals surface area contributed by atoms with E-state index in [1.54, 1.807) is 6.20 Å². The number of pyridine rings is 1. The Hall–Kier alpha value is -0.940. The van der Waals surface area contributed by atoms with Crippen LogP contribution in [0.4, 0.5) is 0 Å². The number of aromatic nitrogens is 1. The molecule has 1 aliphatic carbocycles. The Morgan fingerprint density at radius 1 is 1.42 bits per heavy atom. The highest BCUT2D eigenvalue weighted by atomic mass is 32.2. The number of nitrogens with zero attached hydrogens (tertiary/aromatic N) is 1. The number of rotatable bonds is 5. The van der Waals surface area contributed by atoms with Gasteiger partial charge in [-0.3, -0.25) is 4.98 Å². The van der Waals surface area contributed by atoms with E-state index in [-0.39, 0.29) is 11.8 Å². The first kappa shape index (κ1) is 14.5. The van der Waals surface area contributed by atoms with E-state index in [2.05, 4.69) is 9.71 Å². The lowest BCUT2D eigenvalue weighted by atomic mass is 10.1. The molecule has 19 heavy (non-hydrogen) atoms. The molecule has 0 aliphatic heterocycles. The fraction of sp³-hybridized carbons (Fsp3) is 0.643. The molecule has 0 aromatic carbocycles. The maximum absolute atomic E-state index is 12.1. The van der Waals surface area contributed by atoms with Crippen LogP contribution in [-0.4, -0.2) is 19.2 Å². The number of aryl methyl sites for hydroxylation is 1. The van der Waals surface area contributed by atoms with Crippen molar-refractivity contribution >= 4 is 10.0 Å². The van der Waals surface area contributed by atoms with Gasteiger partial charge in [0.05, 0.1) is 17.5 Å². The fourth-order valence-electron chi connectivity index (χ4n) is 2.81. The van der Waals surface area contributed by atoms with Gasteiger partial charge in [0.2, 0.25) is 10.0 Å². The second-order valence-corrected chi connectivity index (χ2v) is 7.28. The summed E-state index contributed by atoms with van der Waals surface area (Å²) in [4.78, 5) is 4.27. The molecular formula is C14H22N2O2S. The van der Waals surface area contributed by atoms with Crippen LogP contribution in [0.2, 0.25) is 0 Å². The highest BCUT2D eigenvalue weighted by Crippen LogP contribution is 2.26. The van der Waals surface area contributed by atoms with Gasteiger partial charge in [-0.15, -0.1) is 0 Å². The third kappa shape index (κ3) is 4.01. The van der Waals surface area contributed by atoms with Gasteiger partial charge in [-0.2, -0.15) is 0 Å². The van der Waals surface area contributed by atoms with E-state index in [1.165, 1.54) is 0 Å². The molecule has 0 bridgehead atoms. The molecule has 1 N–H and O–H groups in total. The van der Waals surface area contributed by atoms with Crippen molar-refractivity contribution in [3.05, 3.63) is 29.6 Å². The molecule has 1 aromatic heterocycles. The van der Waals surface area contributed by atoms with Gasteiger partial charge in [-0.05, 0) is 44.2 Å². The van der Waals surface area contributed by atoms with E-state index >= 15 is 0 Å². The summed E-state index contributed by atoms with van der Waals surface area (Å²) in [5.41, 5.74) is 1.82. The Bertz CT molecular complexity index is 522. The Labute approximate surface area is 115 Å². The zero-order valence-corrected chi connectivity index (χ0v) is 12.4. The molecule has 1 saturated carbocycles. The summed E-state index contributed by atoms with van der Waals surface area (Å²) in [6, 6.07) is 3.54. The Kier molecular flexibility index (Phi) is 4.58. The van der Waals surface area contributed by atoms with E-state index in [0.29, 0.717) is 5.92 Å². The number of hydrogen-bond acceptors (Lipinski definition) is 3. The fourth-order valence-corrected chi connectivity index (χ4v) is 4.51. The largest absolute Gasteiger partial charge is 0.259 e. The molecule has 0 amide bonds. The first-order chi connectivity index (χ1) is 8.98. The van der Waals surface area contributed by atoms with Crippen LogP contribution in [0, 0.1) is 12.8 Å². The summed E-state index contributed by atoms with van der Waals surface area (Å²) in [5.74, 6) is 0.581. The highest BCUT2D eigenvalue weighted by molar-refractivity contribution is 7.89. The average Bonchev–Trinajstić information content (AvgIpc) is 2.80. The van der Waals surface area contributed by atoms with Crippen molar-refractivity contribution in [3.63, 3.8) is 0 Å². The molecule has 1 unspecified atom stereocenters. The second kappa shape index (κ2) is 6.01. The maximum atomic E-state index is 12.1. The molecule has 106 valence electrons. The topological polar surface area (TPSA) is 59.1 Å². The number of nitrogens with one attached hydrogen (secondary N) is 1. The van der Waals surface area contributed by atoms with Crippen LogP contribution >= 0.6 is 0 Å². The monoisotopic (exact) mass is 282 g/mol. The van der Waals surface area contributed by atoms with Crippen LogP contribution in [0.15, 0.2) is 18.3 Å². The van der Waals surface area contributed by atoms with Gasteiger partial charge in [-0.25, -0.2) is 13.1 Å². The Morgan fingerprint density at radius 3 is 2.74 bits per heavy atom. The normalized spacial score (nSPS) is 18.6. The van der Waals surface area contributed by atoms with Crippen molar-refractivity contribution in [3.8, 4) is 0 Å². The van der Waals surface area contributed by atoms with Gasteiger partial charge in [0.15, 0.2) is 0 Å². The standard InChI is InChI=1S/C14H22N2O2S/c1-11-6-5-9-15-14(11)12(2)16-19(17,18)10-13-7-3-4-8-13/h5-6,9,12-13,16H,3-4,7-8,10H2,1-2H3. The summed E-state index contributed by atoms with van der Waals surface area (Å²) in [6.07, 6.45) is 6.10. The van der Waals surface area contributed by atoms with Gasteiger partial charge in [0.25, 0.3) is 0 Å². The Morgan fingerprint density at radius 2 is 2.11 bits per heavy atom. The van der Waals surface area contributed by atoms with Crippen LogP contribution in [0.25, 0.3) is 0 Å². The van der Waals surface area contributed by atoms with Gasteiger partial charge in [0.1, 0.15) is 0 Å². The smallest absolute Gasteiger partial charge is 0.212 e. The molecule has 0 spiro atoms. The molecule has 5 heteroatoms. The van der Waals surface area contributed by atoms with Crippen molar-refractivity contribution in [2.24, 2.45) is 5.92 Å². The van der Waals surface area contributed by atoms with Crippen molar-refractivity contribution in [1.82, 2.24) is 9.71 Å². The van der Waals surface area contributed by atoms with Crippen LogP contribution in [0.5, 0.6) is 0 Å². The lowest BCUT2D eigenvalue weighted by molar-refractivity contribution is 0.535. The van der Waals surface area contributed by atoms with Crippen LogP contribution in [0.3, 0.4) is 0 Å². The van der Waals surface area contributed by atoms with Crippen molar-refractivity contribution in [2.75, 3.05) is 5.75 Å². The molecule has 0 saturated heterocycles. The summed E-state index contributed by atoms with van der Waals surface area (Å²) in [7, 11) is -3.22. The first-order valence-corrected chi connectivity index (χ1v) is 8.54. The third-order valence-electron chi connectivity index (χ3n) is 3.75. The summed E-state index contributed by atoms with van der Waals surface area (Å²) in [6.45, 7) is 3.80. The maximum Gasteiger partial charge on any atom is 0.212 e. The predicted molar refractivity (Wildman–Crippen MR) is 76.3 cm³/mol. The van der Waals surface area contributed by atoms with Crippen molar-refractivity contribution in [2.45, 2.75) is 45.6 Å². The van der Waals surface area contributed by atoms with Crippen molar-refractivity contribution in [1.29, 1.82) is 0 Å². The third-order valence-corrected chi connectivity index (χ3v) is 5.37. The molecule has 1 aliphatic rings. The molecule has 1 fully saturated rings. The Balaban J connectivity index is 2.01. The lowest BCUT2D eigenvalue weighted by Crippen LogP contribution is -2.32. The molecule has 0 radical (unpaired) electrons. The zero-order valence-electron chi connectivity index (χ0n) is 11.6. The SMILES string of the molecule is Cc1cccnc1C(C)NS(=O)(=O)CC1CCCC1. The molecule has 1 heterocycles. The molecule has 4 nitrogen and oxygen atoms in total. The van der Waals surface area contributed by atoms with Gasteiger partial charge < -0.3 is 0 Å². The minimum absolute atomic E-state index is 0.253. The first-order valence-electron chi connectivity index (χ1n) is 6.89. The minimum atomic E-state index is -3.22. The number of sulfonamides is 1. The summed E-state index contributed by atoms with van der Waals surface area (Å²) < 4.78 is 27.0. The summed E-state index contributed by atoms with van der Waals surface area (Å²) >= 11 is 0. The summed E-state index contributed by atoms with van der Waals surface area (Å²) in [5, 5.41) is 0. The van der Waals surface area contributed by atoms with Crippen LogP contribution in [-0.2, 0) is 10.0 Å². The highest BCUT2D eigenvalue weighted by Gasteiger charge is 2.24. The number of hydrogen-bond donors (Lipinski definition) is 1. The van der Waals surface area contributed by atoms with E-state index in [0.717, 1.165) is 36.9 Å². The van der Waals surface area contributed by atoms with Crippen LogP contribution < -0.4 is 4.72 Å². The average molecular weight is 282 g/mol. The molecule has 1 atom stereocenters. The zero-order chi connectivity index (χ0) is 13.9. The van der Waals surface area contributed by atoms with E-state index in [4.69, 9.17) is 0 Å². The van der Waals surface area contributed by atoms with E-state index in [9.17, 15) is 8.42 Å². The molecule has 1 aromatic rings. The van der Waals surface area contributed by atoms with Crippen LogP contribution in [0.1, 0.15) is 49.9 Å². The molecular weight excluding hydrogens is 260 g/mol. The predicted octanol–water partition coefficient (Wildman–Crippen LogP) is 2.56. The van der Waals surface area contributed by atoms with E-state index < -0.39 is 10.0 Å². The minimum Gasteiger partial charge on any atom is -0.259 e.